The molecule has 3 heterocycles. The summed E-state index contributed by atoms with van der Waals surface area (Å²) in [4.78, 5) is 34.9. The Balaban J connectivity index is 1.78. The van der Waals surface area contributed by atoms with Crippen molar-refractivity contribution in [3.63, 3.8) is 0 Å². The summed E-state index contributed by atoms with van der Waals surface area (Å²) in [6, 6.07) is 1.37. The number of amides is 2. The van der Waals surface area contributed by atoms with Gasteiger partial charge in [0.25, 0.3) is 10.0 Å². The Morgan fingerprint density at radius 2 is 1.81 bits per heavy atom. The molecule has 11 nitrogen and oxygen atoms in total. The van der Waals surface area contributed by atoms with E-state index in [4.69, 9.17) is 9.47 Å². The maximum absolute atomic E-state index is 13.5. The first-order valence-electron chi connectivity index (χ1n) is 11.4. The second-order valence-electron chi connectivity index (χ2n) is 10.5. The molecule has 1 atom stereocenters. The van der Waals surface area contributed by atoms with Gasteiger partial charge in [-0.15, -0.1) is 15.6 Å². The van der Waals surface area contributed by atoms with Crippen LogP contribution in [0.1, 0.15) is 53.5 Å². The molecule has 2 aromatic heterocycles. The molecule has 0 aromatic carbocycles. The number of nitrogens with one attached hydrogen (secondary N) is 1. The number of hydrogen-bond acceptors (Lipinski definition) is 10. The van der Waals surface area contributed by atoms with E-state index >= 15 is 0 Å². The Bertz CT molecular complexity index is 1200. The van der Waals surface area contributed by atoms with E-state index in [1.807, 2.05) is 20.8 Å². The monoisotopic (exact) mass is 539 g/mol. The first-order chi connectivity index (χ1) is 16.6. The van der Waals surface area contributed by atoms with Gasteiger partial charge >= 0.3 is 12.2 Å². The SMILES string of the molecule is Cc1cc(S(=O)(=O)N(C(=O)OC(C)(C)C)c2cscn2)cnc1NC1CCN(C(=O)OC(C)(C)C)C1. The van der Waals surface area contributed by atoms with E-state index in [0.29, 0.717) is 35.2 Å². The van der Waals surface area contributed by atoms with Gasteiger partial charge in [0.15, 0.2) is 5.82 Å². The smallest absolute Gasteiger partial charge is 0.430 e. The highest BCUT2D eigenvalue weighted by Crippen LogP contribution is 2.28. The number of pyridine rings is 1. The van der Waals surface area contributed by atoms with Gasteiger partial charge < -0.3 is 19.7 Å². The normalized spacial score (nSPS) is 16.5. The molecular weight excluding hydrogens is 506 g/mol. The Labute approximate surface area is 215 Å². The summed E-state index contributed by atoms with van der Waals surface area (Å²) in [5, 5.41) is 4.73. The van der Waals surface area contributed by atoms with Crippen LogP contribution < -0.4 is 9.62 Å². The molecule has 1 aliphatic rings. The number of anilines is 2. The number of carbonyl (C=O) groups excluding carboxylic acids is 2. The molecule has 2 aromatic rings. The molecule has 0 saturated carbocycles. The fourth-order valence-corrected chi connectivity index (χ4v) is 5.32. The van der Waals surface area contributed by atoms with Gasteiger partial charge in [-0.3, -0.25) is 0 Å². The second-order valence-corrected chi connectivity index (χ2v) is 13.0. The van der Waals surface area contributed by atoms with Gasteiger partial charge in [0.2, 0.25) is 0 Å². The van der Waals surface area contributed by atoms with E-state index in [0.717, 1.165) is 11.3 Å². The van der Waals surface area contributed by atoms with Crippen molar-refractivity contribution in [2.45, 2.75) is 77.0 Å². The molecule has 1 unspecified atom stereocenters. The number of aromatic nitrogens is 2. The Hall–Kier alpha value is -2.93. The van der Waals surface area contributed by atoms with E-state index < -0.39 is 27.3 Å². The summed E-state index contributed by atoms with van der Waals surface area (Å²) in [6.07, 6.45) is 0.453. The van der Waals surface area contributed by atoms with Gasteiger partial charge in [0.1, 0.15) is 21.9 Å². The third kappa shape index (κ3) is 6.84. The average Bonchev–Trinajstić information content (AvgIpc) is 3.39. The molecule has 0 spiro atoms. The van der Waals surface area contributed by atoms with Crippen LogP contribution in [0.2, 0.25) is 0 Å². The zero-order chi connectivity index (χ0) is 26.9. The third-order valence-electron chi connectivity index (χ3n) is 4.96. The maximum atomic E-state index is 13.5. The van der Waals surface area contributed by atoms with Crippen LogP contribution in [0.5, 0.6) is 0 Å². The van der Waals surface area contributed by atoms with Crippen LogP contribution in [0.15, 0.2) is 28.0 Å². The molecule has 1 N–H and O–H groups in total. The zero-order valence-electron chi connectivity index (χ0n) is 21.6. The van der Waals surface area contributed by atoms with E-state index in [1.54, 1.807) is 32.6 Å². The lowest BCUT2D eigenvalue weighted by atomic mass is 10.2. The van der Waals surface area contributed by atoms with E-state index in [1.165, 1.54) is 23.2 Å². The lowest BCUT2D eigenvalue weighted by Crippen LogP contribution is -2.41. The number of carbonyl (C=O) groups is 2. The second kappa shape index (κ2) is 10.2. The number of sulfonamides is 1. The largest absolute Gasteiger partial charge is 0.444 e. The van der Waals surface area contributed by atoms with Crippen molar-refractivity contribution < 1.29 is 27.5 Å². The molecule has 3 rings (SSSR count). The van der Waals surface area contributed by atoms with Crippen molar-refractivity contribution in [1.82, 2.24) is 14.9 Å². The summed E-state index contributed by atoms with van der Waals surface area (Å²) in [5.41, 5.74) is 0.514. The number of hydrogen-bond donors (Lipinski definition) is 1. The molecule has 0 aliphatic carbocycles. The van der Waals surface area contributed by atoms with Crippen LogP contribution in [0.4, 0.5) is 21.2 Å². The predicted octanol–water partition coefficient (Wildman–Crippen LogP) is 4.40. The van der Waals surface area contributed by atoms with Gasteiger partial charge in [-0.1, -0.05) is 0 Å². The average molecular weight is 540 g/mol. The van der Waals surface area contributed by atoms with Crippen molar-refractivity contribution in [2.24, 2.45) is 0 Å². The number of nitrogens with zero attached hydrogens (tertiary/aromatic N) is 4. The highest BCUT2D eigenvalue weighted by Gasteiger charge is 2.37. The highest BCUT2D eigenvalue weighted by atomic mass is 32.2. The number of ether oxygens (including phenoxy) is 2. The molecule has 0 bridgehead atoms. The van der Waals surface area contributed by atoms with Gasteiger partial charge in [0, 0.05) is 30.7 Å². The fourth-order valence-electron chi connectivity index (χ4n) is 3.43. The minimum Gasteiger partial charge on any atom is -0.444 e. The van der Waals surface area contributed by atoms with Crippen LogP contribution in [0, 0.1) is 6.92 Å². The van der Waals surface area contributed by atoms with Crippen molar-refractivity contribution in [3.8, 4) is 0 Å². The van der Waals surface area contributed by atoms with Crippen molar-refractivity contribution in [2.75, 3.05) is 22.7 Å². The highest BCUT2D eigenvalue weighted by molar-refractivity contribution is 7.93. The quantitative estimate of drug-likeness (QED) is 0.587. The van der Waals surface area contributed by atoms with Crippen LogP contribution in [0.3, 0.4) is 0 Å². The lowest BCUT2D eigenvalue weighted by molar-refractivity contribution is 0.0293. The van der Waals surface area contributed by atoms with Crippen LogP contribution in [-0.4, -0.2) is 65.8 Å². The Kier molecular flexibility index (Phi) is 7.84. The Morgan fingerprint density at radius 1 is 1.14 bits per heavy atom. The first kappa shape index (κ1) is 27.7. The summed E-state index contributed by atoms with van der Waals surface area (Å²) >= 11 is 1.16. The van der Waals surface area contributed by atoms with Crippen molar-refractivity contribution in [1.29, 1.82) is 0 Å². The number of rotatable bonds is 5. The summed E-state index contributed by atoms with van der Waals surface area (Å²) in [6.45, 7) is 13.1. The molecule has 1 saturated heterocycles. The Morgan fingerprint density at radius 3 is 2.36 bits per heavy atom. The standard InChI is InChI=1S/C23H33N5O6S2/c1-15-10-17(36(31,32)28(18-13-35-14-25-18)21(30)34-23(5,6)7)11-24-19(15)26-16-8-9-27(12-16)20(29)33-22(2,3)4/h10-11,13-14,16H,8-9,12H2,1-7H3,(H,24,26). The molecule has 13 heteroatoms. The molecule has 0 radical (unpaired) electrons. The van der Waals surface area contributed by atoms with E-state index in [2.05, 4.69) is 15.3 Å². The van der Waals surface area contributed by atoms with E-state index in [-0.39, 0.29) is 22.8 Å². The van der Waals surface area contributed by atoms with Crippen molar-refractivity contribution in [3.05, 3.63) is 28.7 Å². The lowest BCUT2D eigenvalue weighted by Gasteiger charge is -2.26. The zero-order valence-corrected chi connectivity index (χ0v) is 23.2. The third-order valence-corrected chi connectivity index (χ3v) is 7.17. The summed E-state index contributed by atoms with van der Waals surface area (Å²) < 4.78 is 38.2. The van der Waals surface area contributed by atoms with Gasteiger partial charge in [0.05, 0.1) is 5.51 Å². The molecule has 1 aliphatic heterocycles. The van der Waals surface area contributed by atoms with E-state index in [9.17, 15) is 18.0 Å². The van der Waals surface area contributed by atoms with Crippen LogP contribution in [0.25, 0.3) is 0 Å². The number of likely N-dealkylation sites (tertiary alicyclic amines) is 1. The van der Waals surface area contributed by atoms with Crippen LogP contribution in [-0.2, 0) is 19.5 Å². The molecule has 1 fully saturated rings. The minimum atomic E-state index is -4.36. The van der Waals surface area contributed by atoms with Gasteiger partial charge in [-0.25, -0.2) is 28.0 Å². The molecule has 198 valence electrons. The molecular formula is C23H33N5O6S2. The van der Waals surface area contributed by atoms with Gasteiger partial charge in [-0.05, 0) is 66.5 Å². The maximum Gasteiger partial charge on any atom is 0.430 e. The molecule has 2 amide bonds. The number of aryl methyl sites for hydroxylation is 1. The van der Waals surface area contributed by atoms with Crippen LogP contribution >= 0.6 is 11.3 Å². The number of thiazole rings is 1. The summed E-state index contributed by atoms with van der Waals surface area (Å²) in [5.74, 6) is 0.435. The fraction of sp³-hybridized carbons (Fsp3) is 0.565. The first-order valence-corrected chi connectivity index (χ1v) is 13.8. The molecule has 36 heavy (non-hydrogen) atoms. The topological polar surface area (TPSA) is 131 Å². The van der Waals surface area contributed by atoms with Gasteiger partial charge in [-0.2, -0.15) is 0 Å². The predicted molar refractivity (Wildman–Crippen MR) is 137 cm³/mol. The summed E-state index contributed by atoms with van der Waals surface area (Å²) in [7, 11) is -4.36. The van der Waals surface area contributed by atoms with Crippen molar-refractivity contribution >= 4 is 45.2 Å². The minimum absolute atomic E-state index is 0.0534.